The summed E-state index contributed by atoms with van der Waals surface area (Å²) in [5.41, 5.74) is 0.539. The Morgan fingerprint density at radius 1 is 1.24 bits per heavy atom. The molecule has 1 amide bonds. The molecule has 2 fully saturated rings. The van der Waals surface area contributed by atoms with Crippen molar-refractivity contribution in [3.63, 3.8) is 0 Å². The quantitative estimate of drug-likeness (QED) is 0.323. The van der Waals surface area contributed by atoms with Gasteiger partial charge in [-0.05, 0) is 50.2 Å². The normalized spacial score (nSPS) is 25.4. The maximum atomic E-state index is 13.9. The van der Waals surface area contributed by atoms with Gasteiger partial charge in [0.25, 0.3) is 0 Å². The van der Waals surface area contributed by atoms with E-state index >= 15 is 0 Å². The molecule has 0 saturated carbocycles. The maximum absolute atomic E-state index is 13.9. The Kier molecular flexibility index (Phi) is 8.32. The molecule has 6 nitrogen and oxygen atoms in total. The van der Waals surface area contributed by atoms with Crippen LogP contribution in [0.1, 0.15) is 53.5 Å². The van der Waals surface area contributed by atoms with Crippen molar-refractivity contribution in [1.29, 1.82) is 0 Å². The summed E-state index contributed by atoms with van der Waals surface area (Å²) in [6.07, 6.45) is 0.168. The highest BCUT2D eigenvalue weighted by atomic mass is 79.9. The van der Waals surface area contributed by atoms with Crippen molar-refractivity contribution in [1.82, 2.24) is 4.90 Å². The minimum absolute atomic E-state index is 0.0871. The molecule has 2 heterocycles. The van der Waals surface area contributed by atoms with Gasteiger partial charge in [-0.1, -0.05) is 47.6 Å². The molecule has 34 heavy (non-hydrogen) atoms. The van der Waals surface area contributed by atoms with E-state index in [9.17, 15) is 14.0 Å². The minimum atomic E-state index is -2.31. The molecule has 3 atom stereocenters. The first-order valence-corrected chi connectivity index (χ1v) is 14.9. The number of rotatable bonds is 8. The van der Waals surface area contributed by atoms with E-state index in [4.69, 9.17) is 13.9 Å². The number of amides is 1. The Labute approximate surface area is 211 Å². The summed E-state index contributed by atoms with van der Waals surface area (Å²) in [5.74, 6) is -1.12. The highest BCUT2D eigenvalue weighted by Crippen LogP contribution is 2.48. The molecule has 2 aliphatic rings. The first-order chi connectivity index (χ1) is 15.9. The smallest absolute Gasteiger partial charge is 0.332 e. The van der Waals surface area contributed by atoms with Crippen molar-refractivity contribution in [2.75, 3.05) is 20.3 Å². The molecule has 1 aromatic rings. The molecule has 1 aromatic carbocycles. The largest absolute Gasteiger partial charge is 0.467 e. The number of methoxy groups -OCH3 is 1. The predicted molar refractivity (Wildman–Crippen MR) is 135 cm³/mol. The molecule has 0 N–H and O–H groups in total. The van der Waals surface area contributed by atoms with Crippen LogP contribution in [0.3, 0.4) is 0 Å². The first-order valence-electron chi connectivity index (χ1n) is 12.0. The Hall–Kier alpha value is -1.29. The van der Waals surface area contributed by atoms with E-state index < -0.39 is 19.8 Å². The Bertz CT molecular complexity index is 905. The van der Waals surface area contributed by atoms with Crippen molar-refractivity contribution < 1.29 is 27.9 Å². The summed E-state index contributed by atoms with van der Waals surface area (Å²) < 4.78 is 32.3. The van der Waals surface area contributed by atoms with E-state index in [0.717, 1.165) is 5.56 Å². The van der Waals surface area contributed by atoms with Gasteiger partial charge in [-0.2, -0.15) is 0 Å². The summed E-state index contributed by atoms with van der Waals surface area (Å²) >= 11 is 3.24. The summed E-state index contributed by atoms with van der Waals surface area (Å²) in [6.45, 7) is 13.5. The highest BCUT2D eigenvalue weighted by Gasteiger charge is 2.62. The van der Waals surface area contributed by atoms with E-state index in [2.05, 4.69) is 57.5 Å². The zero-order valence-corrected chi connectivity index (χ0v) is 23.8. The Balaban J connectivity index is 2.10. The van der Waals surface area contributed by atoms with Crippen molar-refractivity contribution in [3.05, 3.63) is 34.1 Å². The molecule has 0 radical (unpaired) electrons. The second-order valence-corrected chi connectivity index (χ2v) is 16.7. The average Bonchev–Trinajstić information content (AvgIpc) is 3.08. The second kappa shape index (κ2) is 10.4. The molecule has 0 bridgehead atoms. The van der Waals surface area contributed by atoms with E-state index in [-0.39, 0.29) is 36.9 Å². The van der Waals surface area contributed by atoms with Crippen molar-refractivity contribution >= 4 is 36.1 Å². The van der Waals surface area contributed by atoms with Gasteiger partial charge in [0.1, 0.15) is 18.0 Å². The summed E-state index contributed by atoms with van der Waals surface area (Å²) in [5, 5.41) is 0. The molecule has 0 spiro atoms. The Morgan fingerprint density at radius 3 is 2.38 bits per heavy atom. The van der Waals surface area contributed by atoms with E-state index in [0.29, 0.717) is 34.1 Å². The fourth-order valence-corrected chi connectivity index (χ4v) is 12.4. The topological polar surface area (TPSA) is 65.1 Å². The third kappa shape index (κ3) is 4.61. The summed E-state index contributed by atoms with van der Waals surface area (Å²) in [4.78, 5) is 28.3. The number of hydrogen-bond acceptors (Lipinski definition) is 5. The van der Waals surface area contributed by atoms with Crippen LogP contribution in [0.5, 0.6) is 0 Å². The van der Waals surface area contributed by atoms with Crippen LogP contribution in [0.4, 0.5) is 4.39 Å². The molecular formula is C25H37BrFNO5Si. The molecule has 0 aromatic heterocycles. The molecule has 9 heteroatoms. The molecular weight excluding hydrogens is 521 g/mol. The van der Waals surface area contributed by atoms with Crippen molar-refractivity contribution in [2.45, 2.75) is 88.7 Å². The first kappa shape index (κ1) is 27.3. The van der Waals surface area contributed by atoms with Gasteiger partial charge >= 0.3 is 5.97 Å². The molecule has 2 aliphatic heterocycles. The third-order valence-corrected chi connectivity index (χ3v) is 14.4. The number of halogens is 2. The van der Waals surface area contributed by atoms with Crippen LogP contribution < -0.4 is 0 Å². The highest BCUT2D eigenvalue weighted by molar-refractivity contribution is 9.10. The van der Waals surface area contributed by atoms with Crippen LogP contribution in [0.15, 0.2) is 22.7 Å². The van der Waals surface area contributed by atoms with Crippen LogP contribution in [-0.4, -0.2) is 63.1 Å². The fourth-order valence-electron chi connectivity index (χ4n) is 6.37. The zero-order valence-electron chi connectivity index (χ0n) is 21.2. The zero-order chi connectivity index (χ0) is 25.4. The van der Waals surface area contributed by atoms with Gasteiger partial charge in [-0.3, -0.25) is 4.79 Å². The Morgan fingerprint density at radius 2 is 1.85 bits per heavy atom. The lowest BCUT2D eigenvalue weighted by Crippen LogP contribution is -2.61. The summed E-state index contributed by atoms with van der Waals surface area (Å²) in [6, 6.07) is 4.28. The number of nitrogens with zero attached hydrogens (tertiary/aromatic N) is 1. The predicted octanol–water partition coefficient (Wildman–Crippen LogP) is 5.23. The van der Waals surface area contributed by atoms with Crippen molar-refractivity contribution in [3.8, 4) is 0 Å². The molecule has 3 rings (SSSR count). The second-order valence-electron chi connectivity index (χ2n) is 10.5. The monoisotopic (exact) mass is 557 g/mol. The minimum Gasteiger partial charge on any atom is -0.467 e. The van der Waals surface area contributed by atoms with Crippen molar-refractivity contribution in [2.24, 2.45) is 0 Å². The molecule has 0 unspecified atom stereocenters. The van der Waals surface area contributed by atoms with Gasteiger partial charge in [0.05, 0.1) is 30.3 Å². The number of ether oxygens (including phenoxy) is 2. The van der Waals surface area contributed by atoms with Gasteiger partial charge in [-0.25, -0.2) is 9.18 Å². The molecule has 190 valence electrons. The number of esters is 1. The van der Waals surface area contributed by atoms with Gasteiger partial charge in [-0.15, -0.1) is 0 Å². The standard InChI is InChI=1S/C25H37BrFNO5Si/c1-15(2)34(16(3)4,17(5)6)33-22-12-25(24(30)31-7,28-21(22)13-32-14-23(28)29)11-18-8-9-20(27)19(26)10-18/h8-10,15-17,21-22H,11-14H2,1-7H3/t21-,22-,25-/m0/s1. The molecule has 2 saturated heterocycles. The van der Waals surface area contributed by atoms with Crippen LogP contribution in [0.25, 0.3) is 0 Å². The van der Waals surface area contributed by atoms with Crippen LogP contribution in [0, 0.1) is 5.82 Å². The number of carbonyl (C=O) groups is 2. The van der Waals surface area contributed by atoms with E-state index in [1.54, 1.807) is 17.0 Å². The van der Waals surface area contributed by atoms with Gasteiger partial charge in [0.2, 0.25) is 14.2 Å². The average molecular weight is 559 g/mol. The molecule has 0 aliphatic carbocycles. The van der Waals surface area contributed by atoms with Crippen LogP contribution >= 0.6 is 15.9 Å². The van der Waals surface area contributed by atoms with Gasteiger partial charge in [0.15, 0.2) is 0 Å². The number of hydrogen-bond donors (Lipinski definition) is 0. The fraction of sp³-hybridized carbons (Fsp3) is 0.680. The maximum Gasteiger partial charge on any atom is 0.332 e. The lowest BCUT2D eigenvalue weighted by molar-refractivity contribution is -0.169. The van der Waals surface area contributed by atoms with E-state index in [1.165, 1.54) is 13.2 Å². The number of benzene rings is 1. The van der Waals surface area contributed by atoms with E-state index in [1.807, 2.05) is 0 Å². The van der Waals surface area contributed by atoms with Gasteiger partial charge < -0.3 is 18.8 Å². The summed E-state index contributed by atoms with van der Waals surface area (Å²) in [7, 11) is -0.968. The number of fused-ring (bicyclic) bond motifs is 1. The lowest BCUT2D eigenvalue weighted by atomic mass is 9.87. The lowest BCUT2D eigenvalue weighted by Gasteiger charge is -2.45. The van der Waals surface area contributed by atoms with Crippen LogP contribution in [0.2, 0.25) is 16.6 Å². The number of morpholine rings is 1. The SMILES string of the molecule is COC(=O)[C@]1(Cc2ccc(F)c(Br)c2)C[C@H](O[Si](C(C)C)(C(C)C)C(C)C)[C@@H]2COCC(=O)N21. The number of carbonyl (C=O) groups excluding carboxylic acids is 2. The van der Waals surface area contributed by atoms with Crippen LogP contribution in [-0.2, 0) is 29.9 Å². The van der Waals surface area contributed by atoms with Gasteiger partial charge in [0, 0.05) is 12.8 Å². The third-order valence-electron chi connectivity index (χ3n) is 7.65.